The molecule has 2 aromatic rings. The van der Waals surface area contributed by atoms with Crippen LogP contribution in [0.1, 0.15) is 37.7 Å². The van der Waals surface area contributed by atoms with Gasteiger partial charge in [-0.05, 0) is 55.2 Å². The fourth-order valence-corrected chi connectivity index (χ4v) is 4.98. The summed E-state index contributed by atoms with van der Waals surface area (Å²) in [7, 11) is 0. The van der Waals surface area contributed by atoms with Crippen molar-refractivity contribution < 1.29 is 14.0 Å². The molecule has 1 saturated carbocycles. The molecule has 5 nitrogen and oxygen atoms in total. The minimum Gasteiger partial charge on any atom is -0.340 e. The van der Waals surface area contributed by atoms with E-state index in [1.54, 1.807) is 35.2 Å². The van der Waals surface area contributed by atoms with Crippen LogP contribution in [-0.4, -0.2) is 47.9 Å². The summed E-state index contributed by atoms with van der Waals surface area (Å²) in [5, 5.41) is 3.44. The van der Waals surface area contributed by atoms with Gasteiger partial charge in [-0.1, -0.05) is 42.6 Å². The maximum atomic E-state index is 13.9. The third-order valence-electron chi connectivity index (χ3n) is 6.39. The Morgan fingerprint density at radius 2 is 1.61 bits per heavy atom. The van der Waals surface area contributed by atoms with E-state index in [4.69, 9.17) is 11.6 Å². The number of hydrogen-bond donors (Lipinski definition) is 1. The number of hydrogen-bond acceptors (Lipinski definition) is 2. The first-order chi connectivity index (χ1) is 15.0. The molecule has 0 radical (unpaired) electrons. The largest absolute Gasteiger partial charge is 0.340 e. The third kappa shape index (κ3) is 4.69. The minimum absolute atomic E-state index is 0.0627. The first-order valence-electron chi connectivity index (χ1n) is 10.8. The Labute approximate surface area is 187 Å². The second-order valence-corrected chi connectivity index (χ2v) is 8.81. The highest BCUT2D eigenvalue weighted by atomic mass is 35.5. The number of benzene rings is 2. The van der Waals surface area contributed by atoms with Gasteiger partial charge in [-0.3, -0.25) is 4.79 Å². The Kier molecular flexibility index (Phi) is 6.46. The Hall–Kier alpha value is -2.60. The van der Waals surface area contributed by atoms with E-state index in [1.165, 1.54) is 12.1 Å². The predicted molar refractivity (Wildman–Crippen MR) is 120 cm³/mol. The van der Waals surface area contributed by atoms with E-state index in [-0.39, 0.29) is 17.8 Å². The standard InChI is InChI=1S/C24H27ClFN3O2/c25-19-7-4-9-21(17-19)27-23(31)29-13-5-12-28(14-15-29)22(30)24(10-1-2-11-24)18-6-3-8-20(26)16-18/h3-4,6-9,16-17H,1-2,5,10-15H2,(H,27,31). The topological polar surface area (TPSA) is 52.7 Å². The molecule has 0 bridgehead atoms. The lowest BCUT2D eigenvalue weighted by molar-refractivity contribution is -0.137. The van der Waals surface area contributed by atoms with Crippen molar-refractivity contribution in [1.82, 2.24) is 9.80 Å². The van der Waals surface area contributed by atoms with Crippen molar-refractivity contribution in [3.8, 4) is 0 Å². The number of amides is 3. The van der Waals surface area contributed by atoms with E-state index in [0.717, 1.165) is 31.2 Å². The van der Waals surface area contributed by atoms with Gasteiger partial charge in [-0.25, -0.2) is 9.18 Å². The van der Waals surface area contributed by atoms with Gasteiger partial charge in [0, 0.05) is 36.9 Å². The van der Waals surface area contributed by atoms with E-state index in [1.807, 2.05) is 11.0 Å². The molecule has 0 atom stereocenters. The van der Waals surface area contributed by atoms with Gasteiger partial charge in [-0.15, -0.1) is 0 Å². The van der Waals surface area contributed by atoms with E-state index >= 15 is 0 Å². The normalized spacial score (nSPS) is 18.5. The van der Waals surface area contributed by atoms with Crippen LogP contribution in [0.5, 0.6) is 0 Å². The van der Waals surface area contributed by atoms with Gasteiger partial charge >= 0.3 is 6.03 Å². The van der Waals surface area contributed by atoms with Crippen LogP contribution in [0.2, 0.25) is 5.02 Å². The Morgan fingerprint density at radius 3 is 2.35 bits per heavy atom. The summed E-state index contributed by atoms with van der Waals surface area (Å²) < 4.78 is 13.9. The summed E-state index contributed by atoms with van der Waals surface area (Å²) in [6, 6.07) is 13.3. The van der Waals surface area contributed by atoms with E-state index < -0.39 is 5.41 Å². The van der Waals surface area contributed by atoms with E-state index in [9.17, 15) is 14.0 Å². The molecule has 7 heteroatoms. The quantitative estimate of drug-likeness (QED) is 0.721. The van der Waals surface area contributed by atoms with Gasteiger partial charge < -0.3 is 15.1 Å². The molecule has 0 unspecified atom stereocenters. The van der Waals surface area contributed by atoms with Crippen LogP contribution in [0.4, 0.5) is 14.9 Å². The molecular weight excluding hydrogens is 417 g/mol. The van der Waals surface area contributed by atoms with Crippen molar-refractivity contribution in [2.75, 3.05) is 31.5 Å². The van der Waals surface area contributed by atoms with Crippen molar-refractivity contribution in [2.45, 2.75) is 37.5 Å². The summed E-state index contributed by atoms with van der Waals surface area (Å²) in [6.07, 6.45) is 4.11. The Morgan fingerprint density at radius 1 is 0.903 bits per heavy atom. The zero-order chi connectivity index (χ0) is 21.8. The predicted octanol–water partition coefficient (Wildman–Crippen LogP) is 5.06. The SMILES string of the molecule is O=C(Nc1cccc(Cl)c1)N1CCCN(C(=O)C2(c3cccc(F)c3)CCCC2)CC1. The second kappa shape index (κ2) is 9.27. The van der Waals surface area contributed by atoms with Crippen molar-refractivity contribution in [3.63, 3.8) is 0 Å². The van der Waals surface area contributed by atoms with Crippen molar-refractivity contribution >= 4 is 29.2 Å². The molecule has 0 spiro atoms. The monoisotopic (exact) mass is 443 g/mol. The molecule has 2 aliphatic rings. The molecule has 31 heavy (non-hydrogen) atoms. The second-order valence-electron chi connectivity index (χ2n) is 8.37. The minimum atomic E-state index is -0.652. The lowest BCUT2D eigenvalue weighted by Gasteiger charge is -2.34. The number of nitrogens with one attached hydrogen (secondary N) is 1. The van der Waals surface area contributed by atoms with Gasteiger partial charge in [0.15, 0.2) is 0 Å². The highest BCUT2D eigenvalue weighted by Crippen LogP contribution is 2.43. The molecule has 1 N–H and O–H groups in total. The lowest BCUT2D eigenvalue weighted by atomic mass is 9.77. The fourth-order valence-electron chi connectivity index (χ4n) is 4.79. The van der Waals surface area contributed by atoms with Crippen molar-refractivity contribution in [3.05, 3.63) is 64.9 Å². The number of carbonyl (C=O) groups is 2. The fraction of sp³-hybridized carbons (Fsp3) is 0.417. The average molecular weight is 444 g/mol. The van der Waals surface area contributed by atoms with Gasteiger partial charge in [-0.2, -0.15) is 0 Å². The van der Waals surface area contributed by atoms with E-state index in [0.29, 0.717) is 43.3 Å². The lowest BCUT2D eigenvalue weighted by Crippen LogP contribution is -2.47. The maximum Gasteiger partial charge on any atom is 0.321 e. The van der Waals surface area contributed by atoms with Gasteiger partial charge in [0.05, 0.1) is 5.41 Å². The first-order valence-corrected chi connectivity index (χ1v) is 11.2. The molecule has 1 aliphatic heterocycles. The van der Waals surface area contributed by atoms with Gasteiger partial charge in [0.1, 0.15) is 5.82 Å². The van der Waals surface area contributed by atoms with Crippen LogP contribution >= 0.6 is 11.6 Å². The number of urea groups is 1. The molecule has 164 valence electrons. The number of carbonyl (C=O) groups excluding carboxylic acids is 2. The van der Waals surface area contributed by atoms with Gasteiger partial charge in [0.25, 0.3) is 0 Å². The molecule has 1 saturated heterocycles. The number of anilines is 1. The molecule has 2 fully saturated rings. The molecule has 0 aromatic heterocycles. The van der Waals surface area contributed by atoms with Crippen LogP contribution in [0.25, 0.3) is 0 Å². The number of rotatable bonds is 3. The summed E-state index contributed by atoms with van der Waals surface area (Å²) in [6.45, 7) is 2.09. The van der Waals surface area contributed by atoms with E-state index in [2.05, 4.69) is 5.32 Å². The van der Waals surface area contributed by atoms with Crippen molar-refractivity contribution in [2.24, 2.45) is 0 Å². The number of halogens is 2. The molecule has 3 amide bonds. The molecule has 1 heterocycles. The van der Waals surface area contributed by atoms with Crippen LogP contribution < -0.4 is 5.32 Å². The number of nitrogens with zero attached hydrogens (tertiary/aromatic N) is 2. The average Bonchev–Trinajstić information content (AvgIpc) is 3.12. The summed E-state index contributed by atoms with van der Waals surface area (Å²) >= 11 is 6.00. The highest BCUT2D eigenvalue weighted by Gasteiger charge is 2.45. The van der Waals surface area contributed by atoms with Crippen molar-refractivity contribution in [1.29, 1.82) is 0 Å². The van der Waals surface area contributed by atoms with Crippen LogP contribution in [0.15, 0.2) is 48.5 Å². The van der Waals surface area contributed by atoms with Crippen LogP contribution in [0.3, 0.4) is 0 Å². The zero-order valence-electron chi connectivity index (χ0n) is 17.4. The third-order valence-corrected chi connectivity index (χ3v) is 6.63. The highest BCUT2D eigenvalue weighted by molar-refractivity contribution is 6.30. The summed E-state index contributed by atoms with van der Waals surface area (Å²) in [5.74, 6) is -0.246. The molecule has 2 aromatic carbocycles. The van der Waals surface area contributed by atoms with Crippen LogP contribution in [-0.2, 0) is 10.2 Å². The Bertz CT molecular complexity index is 961. The van der Waals surface area contributed by atoms with Crippen LogP contribution in [0, 0.1) is 5.82 Å². The Balaban J connectivity index is 1.45. The molecular formula is C24H27ClFN3O2. The molecule has 4 rings (SSSR count). The summed E-state index contributed by atoms with van der Waals surface area (Å²) in [5.41, 5.74) is 0.765. The zero-order valence-corrected chi connectivity index (χ0v) is 18.2. The van der Waals surface area contributed by atoms with Gasteiger partial charge in [0.2, 0.25) is 5.91 Å². The first kappa shape index (κ1) is 21.6. The molecule has 1 aliphatic carbocycles. The summed E-state index contributed by atoms with van der Waals surface area (Å²) in [4.78, 5) is 30.0. The smallest absolute Gasteiger partial charge is 0.321 e. The maximum absolute atomic E-state index is 13.9.